The average molecular weight is 408 g/mol. The van der Waals surface area contributed by atoms with E-state index in [1.165, 1.54) is 11.3 Å². The zero-order chi connectivity index (χ0) is 20.3. The molecule has 2 aromatic heterocycles. The van der Waals surface area contributed by atoms with Gasteiger partial charge in [-0.15, -0.1) is 0 Å². The highest BCUT2D eigenvalue weighted by atomic mass is 16.5. The summed E-state index contributed by atoms with van der Waals surface area (Å²) >= 11 is 0. The third-order valence-electron chi connectivity index (χ3n) is 6.07. The molecule has 0 aliphatic carbocycles. The van der Waals surface area contributed by atoms with Gasteiger partial charge >= 0.3 is 0 Å². The number of morpholine rings is 1. The first-order valence-corrected chi connectivity index (χ1v) is 10.8. The summed E-state index contributed by atoms with van der Waals surface area (Å²) in [5.41, 5.74) is 10.6. The summed E-state index contributed by atoms with van der Waals surface area (Å²) in [5.74, 6) is 0.831. The van der Waals surface area contributed by atoms with Crippen molar-refractivity contribution in [2.45, 2.75) is 25.4 Å². The molecule has 0 unspecified atom stereocenters. The molecule has 2 aliphatic heterocycles. The largest absolute Gasteiger partial charge is 0.378 e. The zero-order valence-corrected chi connectivity index (χ0v) is 17.2. The van der Waals surface area contributed by atoms with Crippen LogP contribution >= 0.6 is 0 Å². The first-order valence-electron chi connectivity index (χ1n) is 10.8. The predicted octanol–water partition coefficient (Wildman–Crippen LogP) is 2.23. The van der Waals surface area contributed by atoms with Crippen molar-refractivity contribution >= 4 is 22.7 Å². The van der Waals surface area contributed by atoms with Crippen LogP contribution in [-0.4, -0.2) is 64.9 Å². The molecule has 0 spiro atoms. The summed E-state index contributed by atoms with van der Waals surface area (Å²) < 4.78 is 7.35. The van der Waals surface area contributed by atoms with Crippen LogP contribution < -0.4 is 16.0 Å². The van der Waals surface area contributed by atoms with Crippen LogP contribution in [0.3, 0.4) is 0 Å². The van der Waals surface area contributed by atoms with Crippen LogP contribution in [0.15, 0.2) is 42.9 Å². The molecule has 2 fully saturated rings. The Labute approximate surface area is 176 Å². The molecule has 0 saturated carbocycles. The summed E-state index contributed by atoms with van der Waals surface area (Å²) in [7, 11) is 0. The highest BCUT2D eigenvalue weighted by molar-refractivity contribution is 5.76. The van der Waals surface area contributed by atoms with Crippen LogP contribution in [0.1, 0.15) is 18.4 Å². The molecule has 8 heteroatoms. The molecular weight excluding hydrogens is 378 g/mol. The molecule has 158 valence electrons. The van der Waals surface area contributed by atoms with E-state index < -0.39 is 0 Å². The number of benzene rings is 1. The number of anilines is 3. The lowest BCUT2D eigenvalue weighted by Crippen LogP contribution is -2.39. The molecule has 3 aromatic rings. The van der Waals surface area contributed by atoms with Crippen molar-refractivity contribution in [1.29, 1.82) is 0 Å². The fourth-order valence-corrected chi connectivity index (χ4v) is 4.30. The van der Waals surface area contributed by atoms with Crippen LogP contribution in [0.25, 0.3) is 5.52 Å². The summed E-state index contributed by atoms with van der Waals surface area (Å²) in [5, 5.41) is 7.89. The van der Waals surface area contributed by atoms with E-state index >= 15 is 0 Å². The van der Waals surface area contributed by atoms with E-state index in [0.29, 0.717) is 6.04 Å². The number of rotatable bonds is 5. The topological polar surface area (TPSA) is 84.0 Å². The SMILES string of the molecule is NC1CCN(Cc2ccn3ncnc(Nc4ccc(N5CCOCC5)cc4)c23)CC1. The standard InChI is InChI=1S/C22H29N7O/c23-18-6-8-27(9-7-18)15-17-5-10-29-21(17)22(24-16-25-29)26-19-1-3-20(4-2-19)28-11-13-30-14-12-28/h1-5,10,16,18H,6-9,11-15,23H2,(H,24,25,26). The molecule has 3 N–H and O–H groups in total. The van der Waals surface area contributed by atoms with Crippen molar-refractivity contribution in [2.75, 3.05) is 49.6 Å². The minimum atomic E-state index is 0.341. The molecule has 0 bridgehead atoms. The third kappa shape index (κ3) is 4.12. The Balaban J connectivity index is 1.34. The second-order valence-corrected chi connectivity index (χ2v) is 8.13. The molecule has 0 atom stereocenters. The molecule has 1 aromatic carbocycles. The Bertz CT molecular complexity index is 973. The van der Waals surface area contributed by atoms with Gasteiger partial charge in [0.25, 0.3) is 0 Å². The van der Waals surface area contributed by atoms with Crippen LogP contribution in [0.2, 0.25) is 0 Å². The zero-order valence-electron chi connectivity index (χ0n) is 17.2. The maximum Gasteiger partial charge on any atom is 0.158 e. The average Bonchev–Trinajstić information content (AvgIpc) is 3.20. The van der Waals surface area contributed by atoms with E-state index in [9.17, 15) is 0 Å². The monoisotopic (exact) mass is 407 g/mol. The van der Waals surface area contributed by atoms with Crippen LogP contribution in [0.4, 0.5) is 17.2 Å². The van der Waals surface area contributed by atoms with Gasteiger partial charge in [0.15, 0.2) is 5.82 Å². The second kappa shape index (κ2) is 8.59. The maximum absolute atomic E-state index is 6.06. The number of piperidine rings is 1. The Morgan fingerprint density at radius 3 is 2.57 bits per heavy atom. The number of likely N-dealkylation sites (tertiary alicyclic amines) is 1. The van der Waals surface area contributed by atoms with E-state index in [0.717, 1.165) is 75.8 Å². The Morgan fingerprint density at radius 2 is 1.80 bits per heavy atom. The number of fused-ring (bicyclic) bond motifs is 1. The van der Waals surface area contributed by atoms with Crippen molar-refractivity contribution in [2.24, 2.45) is 5.73 Å². The van der Waals surface area contributed by atoms with Gasteiger partial charge in [0.05, 0.1) is 13.2 Å². The van der Waals surface area contributed by atoms with Gasteiger partial charge in [-0.05, 0) is 61.8 Å². The molecule has 4 heterocycles. The smallest absolute Gasteiger partial charge is 0.158 e. The Kier molecular flexibility index (Phi) is 5.52. The predicted molar refractivity (Wildman–Crippen MR) is 118 cm³/mol. The number of hydrogen-bond donors (Lipinski definition) is 2. The fourth-order valence-electron chi connectivity index (χ4n) is 4.30. The van der Waals surface area contributed by atoms with Gasteiger partial charge in [-0.25, -0.2) is 9.50 Å². The van der Waals surface area contributed by atoms with Crippen molar-refractivity contribution < 1.29 is 4.74 Å². The minimum absolute atomic E-state index is 0.341. The van der Waals surface area contributed by atoms with Crippen molar-refractivity contribution in [3.05, 3.63) is 48.4 Å². The number of nitrogens with two attached hydrogens (primary N) is 1. The van der Waals surface area contributed by atoms with E-state index in [2.05, 4.69) is 55.5 Å². The van der Waals surface area contributed by atoms with E-state index in [4.69, 9.17) is 10.5 Å². The first-order chi connectivity index (χ1) is 14.8. The summed E-state index contributed by atoms with van der Waals surface area (Å²) in [6.45, 7) is 6.43. The molecule has 2 saturated heterocycles. The van der Waals surface area contributed by atoms with Crippen LogP contribution in [-0.2, 0) is 11.3 Å². The number of hydrogen-bond acceptors (Lipinski definition) is 7. The maximum atomic E-state index is 6.06. The lowest BCUT2D eigenvalue weighted by molar-refractivity contribution is 0.122. The molecule has 0 amide bonds. The van der Waals surface area contributed by atoms with Crippen LogP contribution in [0, 0.1) is 0 Å². The van der Waals surface area contributed by atoms with Gasteiger partial charge < -0.3 is 20.7 Å². The van der Waals surface area contributed by atoms with Gasteiger partial charge in [0, 0.05) is 43.2 Å². The van der Waals surface area contributed by atoms with Gasteiger partial charge in [0.1, 0.15) is 11.8 Å². The highest BCUT2D eigenvalue weighted by Gasteiger charge is 2.19. The lowest BCUT2D eigenvalue weighted by atomic mass is 10.1. The van der Waals surface area contributed by atoms with E-state index in [-0.39, 0.29) is 0 Å². The third-order valence-corrected chi connectivity index (χ3v) is 6.07. The molecule has 5 rings (SSSR count). The first kappa shape index (κ1) is 19.3. The van der Waals surface area contributed by atoms with Gasteiger partial charge in [-0.2, -0.15) is 5.10 Å². The van der Waals surface area contributed by atoms with Gasteiger partial charge in [-0.3, -0.25) is 4.90 Å². The molecular formula is C22H29N7O. The molecule has 0 radical (unpaired) electrons. The molecule has 2 aliphatic rings. The number of nitrogens with one attached hydrogen (secondary N) is 1. The summed E-state index contributed by atoms with van der Waals surface area (Å²) in [4.78, 5) is 9.36. The summed E-state index contributed by atoms with van der Waals surface area (Å²) in [6.07, 6.45) is 5.72. The highest BCUT2D eigenvalue weighted by Crippen LogP contribution is 2.26. The molecule has 30 heavy (non-hydrogen) atoms. The lowest BCUT2D eigenvalue weighted by Gasteiger charge is -2.29. The number of nitrogens with zero attached hydrogens (tertiary/aromatic N) is 5. The van der Waals surface area contributed by atoms with Crippen molar-refractivity contribution in [1.82, 2.24) is 19.5 Å². The quantitative estimate of drug-likeness (QED) is 0.671. The van der Waals surface area contributed by atoms with Crippen molar-refractivity contribution in [3.8, 4) is 0 Å². The van der Waals surface area contributed by atoms with Gasteiger partial charge in [0.2, 0.25) is 0 Å². The fraction of sp³-hybridized carbons (Fsp3) is 0.455. The molecule has 8 nitrogen and oxygen atoms in total. The van der Waals surface area contributed by atoms with Crippen LogP contribution in [0.5, 0.6) is 0 Å². The number of aromatic nitrogens is 3. The summed E-state index contributed by atoms with van der Waals surface area (Å²) in [6, 6.07) is 11.0. The van der Waals surface area contributed by atoms with Gasteiger partial charge in [-0.1, -0.05) is 0 Å². The Morgan fingerprint density at radius 1 is 1.03 bits per heavy atom. The minimum Gasteiger partial charge on any atom is -0.378 e. The van der Waals surface area contributed by atoms with E-state index in [1.807, 2.05) is 10.7 Å². The normalized spacial score (nSPS) is 18.8. The van der Waals surface area contributed by atoms with Crippen molar-refractivity contribution in [3.63, 3.8) is 0 Å². The number of ether oxygens (including phenoxy) is 1. The Hall–Kier alpha value is -2.68. The second-order valence-electron chi connectivity index (χ2n) is 8.13. The van der Waals surface area contributed by atoms with E-state index in [1.54, 1.807) is 6.33 Å².